The molecule has 0 saturated carbocycles. The van der Waals surface area contributed by atoms with Gasteiger partial charge in [-0.2, -0.15) is 0 Å². The number of nitrogens with two attached hydrogens (primary N) is 1. The van der Waals surface area contributed by atoms with Crippen LogP contribution in [0.2, 0.25) is 0 Å². The molecule has 3 N–H and O–H groups in total. The minimum atomic E-state index is -0.549. The Balaban J connectivity index is 2.78. The zero-order chi connectivity index (χ0) is 12.8. The number of hydrogen-bond donors (Lipinski definition) is 2. The van der Waals surface area contributed by atoms with Crippen LogP contribution in [0.3, 0.4) is 0 Å². The number of nitro groups is 1. The Morgan fingerprint density at radius 1 is 1.65 bits per heavy atom. The van der Waals surface area contributed by atoms with Gasteiger partial charge >= 0.3 is 5.69 Å². The van der Waals surface area contributed by atoms with E-state index < -0.39 is 4.92 Å². The Bertz CT molecular complexity index is 438. The van der Waals surface area contributed by atoms with Crippen molar-refractivity contribution >= 4 is 29.2 Å². The van der Waals surface area contributed by atoms with E-state index in [1.807, 2.05) is 0 Å². The highest BCUT2D eigenvalue weighted by Crippen LogP contribution is 2.27. The first kappa shape index (κ1) is 13.2. The lowest BCUT2D eigenvalue weighted by atomic mass is 10.4. The summed E-state index contributed by atoms with van der Waals surface area (Å²) < 4.78 is 0. The molecule has 0 aliphatic heterocycles. The molecule has 92 valence electrons. The first-order valence-corrected chi connectivity index (χ1v) is 5.83. The van der Waals surface area contributed by atoms with E-state index in [2.05, 4.69) is 10.3 Å². The van der Waals surface area contributed by atoms with Gasteiger partial charge in [0, 0.05) is 12.6 Å². The molecule has 1 aromatic rings. The molecule has 0 aliphatic rings. The molecule has 17 heavy (non-hydrogen) atoms. The first-order valence-electron chi connectivity index (χ1n) is 4.85. The van der Waals surface area contributed by atoms with Crippen molar-refractivity contribution in [1.29, 1.82) is 0 Å². The maximum Gasteiger partial charge on any atom is 0.301 e. The van der Waals surface area contributed by atoms with E-state index in [9.17, 15) is 14.9 Å². The van der Waals surface area contributed by atoms with Gasteiger partial charge in [0.25, 0.3) is 0 Å². The summed E-state index contributed by atoms with van der Waals surface area (Å²) in [5.41, 5.74) is 5.30. The molecule has 7 nitrogen and oxygen atoms in total. The standard InChI is InChI=1S/C9H12N4O3S/c1-2-11-8(14)5-17-9-6(13(15)16)3-4-7(10)12-9/h3-4H,2,5H2,1H3,(H2,10,12)(H,11,14). The summed E-state index contributed by atoms with van der Waals surface area (Å²) in [6.45, 7) is 2.32. The van der Waals surface area contributed by atoms with Crippen LogP contribution >= 0.6 is 11.8 Å². The van der Waals surface area contributed by atoms with Gasteiger partial charge in [-0.3, -0.25) is 14.9 Å². The van der Waals surface area contributed by atoms with Crippen molar-refractivity contribution in [3.63, 3.8) is 0 Å². The lowest BCUT2D eigenvalue weighted by molar-refractivity contribution is -0.388. The van der Waals surface area contributed by atoms with Crippen molar-refractivity contribution < 1.29 is 9.72 Å². The normalized spacial score (nSPS) is 9.94. The number of anilines is 1. The number of carbonyl (C=O) groups is 1. The van der Waals surface area contributed by atoms with Crippen LogP contribution in [0.4, 0.5) is 11.5 Å². The van der Waals surface area contributed by atoms with E-state index in [-0.39, 0.29) is 28.2 Å². The summed E-state index contributed by atoms with van der Waals surface area (Å²) in [5, 5.41) is 13.5. The summed E-state index contributed by atoms with van der Waals surface area (Å²) in [6.07, 6.45) is 0. The van der Waals surface area contributed by atoms with Gasteiger partial charge < -0.3 is 11.1 Å². The molecule has 0 unspecified atom stereocenters. The van der Waals surface area contributed by atoms with Gasteiger partial charge in [0.2, 0.25) is 5.91 Å². The Morgan fingerprint density at radius 2 is 2.35 bits per heavy atom. The molecule has 0 saturated heterocycles. The average Bonchev–Trinajstić information content (AvgIpc) is 2.26. The number of pyridine rings is 1. The number of thioether (sulfide) groups is 1. The summed E-state index contributed by atoms with van der Waals surface area (Å²) >= 11 is 0.993. The zero-order valence-electron chi connectivity index (χ0n) is 9.17. The molecule has 0 fully saturated rings. The second-order valence-corrected chi connectivity index (χ2v) is 4.02. The number of nitrogens with zero attached hydrogens (tertiary/aromatic N) is 2. The molecule has 0 atom stereocenters. The van der Waals surface area contributed by atoms with Crippen LogP contribution in [0.15, 0.2) is 17.2 Å². The molecule has 8 heteroatoms. The fourth-order valence-corrected chi connectivity index (χ4v) is 1.90. The molecular weight excluding hydrogens is 244 g/mol. The van der Waals surface area contributed by atoms with Crippen LogP contribution in [-0.2, 0) is 4.79 Å². The smallest absolute Gasteiger partial charge is 0.301 e. The quantitative estimate of drug-likeness (QED) is 0.458. The number of nitrogen functional groups attached to an aromatic ring is 1. The summed E-state index contributed by atoms with van der Waals surface area (Å²) in [4.78, 5) is 25.2. The van der Waals surface area contributed by atoms with Gasteiger partial charge in [0.15, 0.2) is 5.03 Å². The maximum absolute atomic E-state index is 11.2. The Labute approximate surface area is 102 Å². The second kappa shape index (κ2) is 6.04. The minimum absolute atomic E-state index is 0.0745. The number of carbonyl (C=O) groups excluding carboxylic acids is 1. The number of aromatic nitrogens is 1. The molecular formula is C9H12N4O3S. The van der Waals surface area contributed by atoms with E-state index in [0.717, 1.165) is 11.8 Å². The highest BCUT2D eigenvalue weighted by atomic mass is 32.2. The molecule has 1 aromatic heterocycles. The summed E-state index contributed by atoms with van der Waals surface area (Å²) in [5.74, 6) is 0.0653. The van der Waals surface area contributed by atoms with Gasteiger partial charge in [-0.25, -0.2) is 4.98 Å². The highest BCUT2D eigenvalue weighted by Gasteiger charge is 2.16. The third kappa shape index (κ3) is 3.91. The highest BCUT2D eigenvalue weighted by molar-refractivity contribution is 8.00. The fourth-order valence-electron chi connectivity index (χ4n) is 1.07. The third-order valence-electron chi connectivity index (χ3n) is 1.77. The van der Waals surface area contributed by atoms with Gasteiger partial charge in [-0.05, 0) is 13.0 Å². The van der Waals surface area contributed by atoms with Crippen LogP contribution in [-0.4, -0.2) is 28.1 Å². The minimum Gasteiger partial charge on any atom is -0.384 e. The van der Waals surface area contributed by atoms with E-state index in [0.29, 0.717) is 6.54 Å². The first-order chi connectivity index (χ1) is 8.04. The lowest BCUT2D eigenvalue weighted by Crippen LogP contribution is -2.24. The van der Waals surface area contributed by atoms with Gasteiger partial charge in [-0.15, -0.1) is 0 Å². The van der Waals surface area contributed by atoms with Crippen LogP contribution in [0.5, 0.6) is 0 Å². The monoisotopic (exact) mass is 256 g/mol. The van der Waals surface area contributed by atoms with Crippen LogP contribution < -0.4 is 11.1 Å². The van der Waals surface area contributed by atoms with E-state index in [1.54, 1.807) is 6.92 Å². The van der Waals surface area contributed by atoms with Crippen molar-refractivity contribution in [3.05, 3.63) is 22.2 Å². The third-order valence-corrected chi connectivity index (χ3v) is 2.75. The van der Waals surface area contributed by atoms with Gasteiger partial charge in [-0.1, -0.05) is 11.8 Å². The zero-order valence-corrected chi connectivity index (χ0v) is 9.99. The number of nitrogens with one attached hydrogen (secondary N) is 1. The molecule has 1 amide bonds. The van der Waals surface area contributed by atoms with E-state index >= 15 is 0 Å². The molecule has 0 aliphatic carbocycles. The van der Waals surface area contributed by atoms with E-state index in [4.69, 9.17) is 5.73 Å². The average molecular weight is 256 g/mol. The van der Waals surface area contributed by atoms with Crippen LogP contribution in [0.25, 0.3) is 0 Å². The number of rotatable bonds is 5. The van der Waals surface area contributed by atoms with Crippen molar-refractivity contribution in [3.8, 4) is 0 Å². The van der Waals surface area contributed by atoms with Crippen molar-refractivity contribution in [2.45, 2.75) is 11.9 Å². The Hall–Kier alpha value is -1.83. The Kier molecular flexibility index (Phi) is 4.70. The SMILES string of the molecule is CCNC(=O)CSc1nc(N)ccc1[N+](=O)[O-]. The Morgan fingerprint density at radius 3 is 2.94 bits per heavy atom. The van der Waals surface area contributed by atoms with E-state index in [1.165, 1.54) is 12.1 Å². The van der Waals surface area contributed by atoms with Crippen LogP contribution in [0.1, 0.15) is 6.92 Å². The topological polar surface area (TPSA) is 111 Å². The maximum atomic E-state index is 11.2. The largest absolute Gasteiger partial charge is 0.384 e. The molecule has 0 radical (unpaired) electrons. The van der Waals surface area contributed by atoms with Gasteiger partial charge in [0.05, 0.1) is 10.7 Å². The second-order valence-electron chi connectivity index (χ2n) is 3.06. The molecule has 1 rings (SSSR count). The van der Waals surface area contributed by atoms with Crippen molar-refractivity contribution in [2.24, 2.45) is 0 Å². The molecule has 0 spiro atoms. The van der Waals surface area contributed by atoms with Gasteiger partial charge in [0.1, 0.15) is 5.82 Å². The number of amides is 1. The molecule has 0 aromatic carbocycles. The number of hydrogen-bond acceptors (Lipinski definition) is 6. The molecule has 1 heterocycles. The summed E-state index contributed by atoms with van der Waals surface area (Å²) in [7, 11) is 0. The van der Waals surface area contributed by atoms with Crippen molar-refractivity contribution in [2.75, 3.05) is 18.0 Å². The lowest BCUT2D eigenvalue weighted by Gasteiger charge is -2.03. The summed E-state index contributed by atoms with van der Waals surface area (Å²) in [6, 6.07) is 2.64. The molecule has 0 bridgehead atoms. The predicted molar refractivity (Wildman–Crippen MR) is 64.7 cm³/mol. The van der Waals surface area contributed by atoms with Crippen LogP contribution in [0, 0.1) is 10.1 Å². The predicted octanol–water partition coefficient (Wildman–Crippen LogP) is 0.800. The van der Waals surface area contributed by atoms with Crippen molar-refractivity contribution in [1.82, 2.24) is 10.3 Å². The fraction of sp³-hybridized carbons (Fsp3) is 0.333.